The molecule has 4 aromatic carbocycles. The lowest BCUT2D eigenvalue weighted by atomic mass is 9.88. The molecule has 500 valence electrons. The molecule has 4 aromatic heterocycles. The van der Waals surface area contributed by atoms with Gasteiger partial charge in [0.05, 0.1) is 78.0 Å². The van der Waals surface area contributed by atoms with E-state index in [1.807, 2.05) is 70.7 Å². The second-order valence-electron chi connectivity index (χ2n) is 27.5. The van der Waals surface area contributed by atoms with Gasteiger partial charge in [-0.15, -0.1) is 16.4 Å². The Kier molecular flexibility index (Phi) is 17.6. The molecule has 2 bridgehead atoms. The number of benzene rings is 4. The maximum absolute atomic E-state index is 17.1. The fourth-order valence-corrected chi connectivity index (χ4v) is 15.2. The quantitative estimate of drug-likeness (QED) is 0.0723. The minimum absolute atomic E-state index is 0.0222. The fourth-order valence-electron chi connectivity index (χ4n) is 14.4. The highest BCUT2D eigenvalue weighted by atomic mass is 32.1. The van der Waals surface area contributed by atoms with E-state index in [2.05, 4.69) is 31.6 Å². The zero-order valence-electron chi connectivity index (χ0n) is 54.5. The number of aliphatic hydroxyl groups excluding tert-OH is 2. The maximum Gasteiger partial charge on any atom is 0.410 e. The second kappa shape index (κ2) is 26.1. The lowest BCUT2D eigenvalue weighted by Gasteiger charge is -2.36. The Hall–Kier alpha value is -8.23. The summed E-state index contributed by atoms with van der Waals surface area (Å²) in [6.45, 7) is 14.7. The normalized spacial score (nSPS) is 21.5. The molecule has 8 aromatic rings. The first-order chi connectivity index (χ1) is 45.8. The Morgan fingerprint density at radius 1 is 0.874 bits per heavy atom. The molecule has 95 heavy (non-hydrogen) atoms. The SMILES string of the molecule is Cc1ncsc1-c1ccc([C@H](CO)NC(=O)[C@@H]2C[C@@H](O)CN2C(=O)[C@H](C(C)C)n2cc(-c3ccc(COc4c(-c5c(C)c(F)cc6c5cnn6C5CCCCO5)c(C5CC5)cc5c(N6C[C@@H]7C[C@H]6CN7C(=O)OC(C)(C)C)nc(OC6CCOCC6)nc45)cc3F)nn2)cc1. The third kappa shape index (κ3) is 12.7. The van der Waals surface area contributed by atoms with E-state index in [-0.39, 0.29) is 73.3 Å². The number of nitrogens with zero attached hydrogens (tertiary/aromatic N) is 11. The molecule has 5 aliphatic heterocycles. The topological polar surface area (TPSA) is 247 Å². The summed E-state index contributed by atoms with van der Waals surface area (Å²) >= 11 is 1.52. The summed E-state index contributed by atoms with van der Waals surface area (Å²) in [6.07, 6.45) is 7.55. The van der Waals surface area contributed by atoms with E-state index in [1.54, 1.807) is 35.4 Å². The van der Waals surface area contributed by atoms with E-state index in [1.165, 1.54) is 39.2 Å². The molecular formula is C70H80F2N12O10S. The van der Waals surface area contributed by atoms with Crippen LogP contribution in [-0.2, 0) is 30.4 Å². The van der Waals surface area contributed by atoms with Gasteiger partial charge in [0.1, 0.15) is 59.1 Å². The number of aliphatic hydroxyl groups is 2. The van der Waals surface area contributed by atoms with Crippen LogP contribution in [-0.4, -0.2) is 160 Å². The number of β-amino-alcohol motifs (C(OH)–C–C–N with tert-alkyl or cyclic N) is 1. The fraction of sp³-hybridized carbons (Fsp3) is 0.500. The van der Waals surface area contributed by atoms with Crippen LogP contribution >= 0.6 is 11.3 Å². The van der Waals surface area contributed by atoms with Crippen molar-refractivity contribution >= 4 is 56.9 Å². The number of aromatic nitrogens is 8. The molecule has 6 fully saturated rings. The molecule has 6 aliphatic rings. The minimum atomic E-state index is -1.06. The summed E-state index contributed by atoms with van der Waals surface area (Å²) in [5.74, 6) is -1.46. The van der Waals surface area contributed by atoms with E-state index in [4.69, 9.17) is 38.8 Å². The largest absolute Gasteiger partial charge is 0.486 e. The molecular weight excluding hydrogens is 1240 g/mol. The predicted octanol–water partition coefficient (Wildman–Crippen LogP) is 10.8. The number of likely N-dealkylation sites (tertiary alicyclic amines) is 2. The third-order valence-electron chi connectivity index (χ3n) is 19.4. The van der Waals surface area contributed by atoms with Crippen molar-refractivity contribution in [3.05, 3.63) is 112 Å². The van der Waals surface area contributed by atoms with Gasteiger partial charge in [0.2, 0.25) is 11.8 Å². The minimum Gasteiger partial charge on any atom is -0.486 e. The number of anilines is 1. The number of carbonyl (C=O) groups is 3. The molecule has 14 rings (SSSR count). The van der Waals surface area contributed by atoms with Crippen LogP contribution in [0.15, 0.2) is 72.5 Å². The molecule has 7 atom stereocenters. The van der Waals surface area contributed by atoms with Crippen molar-refractivity contribution in [2.75, 3.05) is 51.0 Å². The van der Waals surface area contributed by atoms with E-state index >= 15 is 8.78 Å². The molecule has 1 unspecified atom stereocenters. The molecule has 9 heterocycles. The summed E-state index contributed by atoms with van der Waals surface area (Å²) in [5.41, 5.74) is 7.87. The molecule has 25 heteroatoms. The highest BCUT2D eigenvalue weighted by Crippen LogP contribution is 2.54. The van der Waals surface area contributed by atoms with Gasteiger partial charge in [-0.05, 0) is 131 Å². The van der Waals surface area contributed by atoms with Crippen LogP contribution in [0, 0.1) is 31.4 Å². The van der Waals surface area contributed by atoms with E-state index in [0.717, 1.165) is 53.8 Å². The Balaban J connectivity index is 0.791. The van der Waals surface area contributed by atoms with Crippen molar-refractivity contribution in [3.8, 4) is 44.6 Å². The van der Waals surface area contributed by atoms with Crippen molar-refractivity contribution in [1.82, 2.24) is 54.8 Å². The zero-order valence-corrected chi connectivity index (χ0v) is 55.3. The zero-order chi connectivity index (χ0) is 66.1. The number of thiazole rings is 1. The van der Waals surface area contributed by atoms with Crippen LogP contribution in [0.3, 0.4) is 0 Å². The second-order valence-corrected chi connectivity index (χ2v) is 28.4. The van der Waals surface area contributed by atoms with Crippen LogP contribution in [0.25, 0.3) is 54.6 Å². The predicted molar refractivity (Wildman–Crippen MR) is 351 cm³/mol. The van der Waals surface area contributed by atoms with Gasteiger partial charge in [0.25, 0.3) is 0 Å². The van der Waals surface area contributed by atoms with Gasteiger partial charge >= 0.3 is 12.1 Å². The van der Waals surface area contributed by atoms with Gasteiger partial charge < -0.3 is 53.9 Å². The van der Waals surface area contributed by atoms with Crippen LogP contribution in [0.2, 0.25) is 0 Å². The Labute approximate surface area is 552 Å². The third-order valence-corrected chi connectivity index (χ3v) is 20.3. The highest BCUT2D eigenvalue weighted by molar-refractivity contribution is 7.13. The summed E-state index contributed by atoms with van der Waals surface area (Å²) in [4.78, 5) is 63.8. The van der Waals surface area contributed by atoms with Crippen molar-refractivity contribution in [1.29, 1.82) is 0 Å². The summed E-state index contributed by atoms with van der Waals surface area (Å²) in [7, 11) is 0. The molecule has 5 saturated heterocycles. The monoisotopic (exact) mass is 1320 g/mol. The van der Waals surface area contributed by atoms with Gasteiger partial charge in [0.15, 0.2) is 12.0 Å². The number of hydrogen-bond donors (Lipinski definition) is 3. The Morgan fingerprint density at radius 2 is 1.67 bits per heavy atom. The van der Waals surface area contributed by atoms with Gasteiger partial charge in [0, 0.05) is 79.0 Å². The number of halogens is 2. The van der Waals surface area contributed by atoms with Crippen LogP contribution < -0.4 is 19.7 Å². The van der Waals surface area contributed by atoms with Gasteiger partial charge in [-0.3, -0.25) is 9.59 Å². The molecule has 0 spiro atoms. The number of amides is 3. The lowest BCUT2D eigenvalue weighted by Crippen LogP contribution is -2.50. The van der Waals surface area contributed by atoms with Crippen LogP contribution in [0.4, 0.5) is 19.4 Å². The highest BCUT2D eigenvalue weighted by Gasteiger charge is 2.49. The van der Waals surface area contributed by atoms with Gasteiger partial charge in [-0.25, -0.2) is 27.9 Å². The number of fused-ring (bicyclic) bond motifs is 4. The maximum atomic E-state index is 17.1. The standard InChI is InChI=1S/C70H80F2N12O10S/c1-37(2)62(67(88)82-32-46(86)26-57(82)66(87)75-55(34-85)42-14-16-43(17-15-42)64-39(4)73-36-95-64)83-33-54(78-79-83)48-18-11-40(24-53(48)72)35-92-63-60(59-38(3)52(71)28-56-51(59)29-74-84(56)58-10-8-9-21-91-58)49(41-12-13-41)27-50-61(63)76-68(93-47-19-22-90-23-20-47)77-65(50)80-30-45-25-44(80)31-81(45)69(89)94-70(5,6)7/h11,14-18,24,27-29,33,36-37,41,44-47,55,57-58,62,85-86H,8-10,12-13,19-23,25-26,30-32,34-35H2,1-7H3,(H,75,87)/t44-,45-,46+,55-,57-,58?,62-/m0/s1. The average Bonchev–Trinajstić information content (AvgIpc) is 1.70. The number of ether oxygens (including phenoxy) is 5. The van der Waals surface area contributed by atoms with Crippen LogP contribution in [0.5, 0.6) is 11.8 Å². The first kappa shape index (κ1) is 64.1. The molecule has 1 saturated carbocycles. The number of nitrogens with one attached hydrogen (secondary N) is 1. The van der Waals surface area contributed by atoms with Crippen LogP contribution in [0.1, 0.15) is 145 Å². The molecule has 3 amide bonds. The van der Waals surface area contributed by atoms with E-state index < -0.39 is 65.8 Å². The van der Waals surface area contributed by atoms with Gasteiger partial charge in [-0.1, -0.05) is 49.4 Å². The smallest absolute Gasteiger partial charge is 0.410 e. The van der Waals surface area contributed by atoms with Crippen molar-refractivity contribution in [2.45, 2.75) is 173 Å². The first-order valence-corrected chi connectivity index (χ1v) is 34.1. The number of aryl methyl sites for hydroxylation is 1. The summed E-state index contributed by atoms with van der Waals surface area (Å²) < 4.78 is 69.0. The van der Waals surface area contributed by atoms with Crippen molar-refractivity contribution in [3.63, 3.8) is 0 Å². The first-order valence-electron chi connectivity index (χ1n) is 33.2. The van der Waals surface area contributed by atoms with E-state index in [0.29, 0.717) is 113 Å². The number of carbonyl (C=O) groups excluding carboxylic acids is 3. The molecule has 1 aliphatic carbocycles. The number of piperazine rings is 1. The molecule has 3 N–H and O–H groups in total. The lowest BCUT2D eigenvalue weighted by molar-refractivity contribution is -0.142. The summed E-state index contributed by atoms with van der Waals surface area (Å²) in [5, 5.41) is 39.4. The molecule has 22 nitrogen and oxygen atoms in total. The van der Waals surface area contributed by atoms with E-state index in [9.17, 15) is 24.6 Å². The number of rotatable bonds is 18. The number of hydrogen-bond acceptors (Lipinski definition) is 18. The Bertz CT molecular complexity index is 4210. The summed E-state index contributed by atoms with van der Waals surface area (Å²) in [6, 6.07) is 12.9. The van der Waals surface area contributed by atoms with Gasteiger partial charge in [-0.2, -0.15) is 15.1 Å². The molecule has 0 radical (unpaired) electrons. The Morgan fingerprint density at radius 3 is 2.36 bits per heavy atom. The van der Waals surface area contributed by atoms with Crippen molar-refractivity contribution in [2.24, 2.45) is 5.92 Å². The average molecular weight is 1320 g/mol. The van der Waals surface area contributed by atoms with Crippen molar-refractivity contribution < 1.29 is 57.1 Å².